The van der Waals surface area contributed by atoms with E-state index in [-0.39, 0.29) is 54.9 Å². The first-order chi connectivity index (χ1) is 13.5. The number of amides is 3. The number of rotatable bonds is 7. The van der Waals surface area contributed by atoms with Crippen molar-refractivity contribution < 1.29 is 24.3 Å². The minimum Gasteiger partial charge on any atom is -0.480 e. The third kappa shape index (κ3) is 3.21. The smallest absolute Gasteiger partial charge is 0.326 e. The maximum absolute atomic E-state index is 12.6. The molecule has 7 heteroatoms. The fraction of sp³-hybridized carbons (Fsp3) is 0.429. The molecule has 4 rings (SSSR count). The van der Waals surface area contributed by atoms with E-state index >= 15 is 0 Å². The summed E-state index contributed by atoms with van der Waals surface area (Å²) >= 11 is 0. The normalized spacial score (nSPS) is 28.5. The van der Waals surface area contributed by atoms with Gasteiger partial charge in [0.2, 0.25) is 17.7 Å². The minimum atomic E-state index is -1.12. The number of hydrogen-bond acceptors (Lipinski definition) is 4. The van der Waals surface area contributed by atoms with E-state index in [4.69, 9.17) is 0 Å². The predicted octanol–water partition coefficient (Wildman–Crippen LogP) is 0.996. The van der Waals surface area contributed by atoms with Gasteiger partial charge in [-0.2, -0.15) is 0 Å². The standard InChI is InChI=1S/C21H22N2O5/c24-16(22-15(21(27)28)10-12-4-2-1-3-5-12)8-9-23-19(25)17-13-6-7-14(11-13)18(17)20(23)26/h1-7,13-15,17-18H,8-11H2,(H,22,24)(H,27,28). The molecule has 2 aliphatic carbocycles. The highest BCUT2D eigenvalue weighted by Crippen LogP contribution is 2.52. The fourth-order valence-electron chi connectivity index (χ4n) is 4.71. The van der Waals surface area contributed by atoms with E-state index in [1.807, 2.05) is 18.2 Å². The molecule has 0 aromatic heterocycles. The van der Waals surface area contributed by atoms with Gasteiger partial charge in [-0.25, -0.2) is 4.79 Å². The van der Waals surface area contributed by atoms with Crippen LogP contribution in [0, 0.1) is 23.7 Å². The lowest BCUT2D eigenvalue weighted by Gasteiger charge is -2.18. The number of imide groups is 1. The Morgan fingerprint density at radius 2 is 1.68 bits per heavy atom. The first-order valence-corrected chi connectivity index (χ1v) is 9.55. The van der Waals surface area contributed by atoms with Crippen LogP contribution in [0.15, 0.2) is 42.5 Å². The molecule has 1 aliphatic heterocycles. The van der Waals surface area contributed by atoms with Crippen molar-refractivity contribution in [1.29, 1.82) is 0 Å². The quantitative estimate of drug-likeness (QED) is 0.541. The van der Waals surface area contributed by atoms with Gasteiger partial charge >= 0.3 is 5.97 Å². The van der Waals surface area contributed by atoms with Crippen LogP contribution in [0.2, 0.25) is 0 Å². The van der Waals surface area contributed by atoms with Gasteiger partial charge in [0.25, 0.3) is 0 Å². The highest BCUT2D eigenvalue weighted by atomic mass is 16.4. The van der Waals surface area contributed by atoms with Crippen LogP contribution in [0.1, 0.15) is 18.4 Å². The molecule has 28 heavy (non-hydrogen) atoms. The number of carboxylic acids is 1. The van der Waals surface area contributed by atoms with Gasteiger partial charge in [-0.05, 0) is 23.8 Å². The zero-order chi connectivity index (χ0) is 19.8. The Balaban J connectivity index is 1.33. The summed E-state index contributed by atoms with van der Waals surface area (Å²) in [6.45, 7) is -0.00633. The molecule has 7 nitrogen and oxygen atoms in total. The van der Waals surface area contributed by atoms with Crippen molar-refractivity contribution in [2.24, 2.45) is 23.7 Å². The molecule has 1 aromatic rings. The Labute approximate surface area is 162 Å². The molecule has 3 aliphatic rings. The van der Waals surface area contributed by atoms with Crippen molar-refractivity contribution in [3.63, 3.8) is 0 Å². The van der Waals surface area contributed by atoms with Crippen LogP contribution >= 0.6 is 0 Å². The lowest BCUT2D eigenvalue weighted by Crippen LogP contribution is -2.44. The molecular formula is C21H22N2O5. The maximum Gasteiger partial charge on any atom is 0.326 e. The molecule has 2 fully saturated rings. The van der Waals surface area contributed by atoms with Gasteiger partial charge < -0.3 is 10.4 Å². The Morgan fingerprint density at radius 1 is 1.07 bits per heavy atom. The average Bonchev–Trinajstić information content (AvgIpc) is 3.35. The number of aliphatic carboxylic acids is 1. The largest absolute Gasteiger partial charge is 0.480 e. The predicted molar refractivity (Wildman–Crippen MR) is 98.8 cm³/mol. The van der Waals surface area contributed by atoms with Crippen molar-refractivity contribution in [2.45, 2.75) is 25.3 Å². The van der Waals surface area contributed by atoms with Gasteiger partial charge in [0, 0.05) is 19.4 Å². The highest BCUT2D eigenvalue weighted by Gasteiger charge is 2.59. The van der Waals surface area contributed by atoms with Crippen molar-refractivity contribution in [2.75, 3.05) is 6.54 Å². The third-order valence-corrected chi connectivity index (χ3v) is 6.04. The maximum atomic E-state index is 12.6. The Kier molecular flexibility index (Phi) is 4.75. The summed E-state index contributed by atoms with van der Waals surface area (Å²) in [7, 11) is 0. The number of nitrogens with zero attached hydrogens (tertiary/aromatic N) is 1. The summed E-state index contributed by atoms with van der Waals surface area (Å²) in [6.07, 6.45) is 4.98. The van der Waals surface area contributed by atoms with Crippen LogP contribution in [0.5, 0.6) is 0 Å². The van der Waals surface area contributed by atoms with E-state index in [2.05, 4.69) is 5.32 Å². The molecule has 0 spiro atoms. The molecule has 5 unspecified atom stereocenters. The molecule has 1 heterocycles. The second-order valence-corrected chi connectivity index (χ2v) is 7.73. The van der Waals surface area contributed by atoms with Crippen LogP contribution in [-0.2, 0) is 25.6 Å². The van der Waals surface area contributed by atoms with Crippen molar-refractivity contribution >= 4 is 23.7 Å². The second-order valence-electron chi connectivity index (χ2n) is 7.73. The lowest BCUT2D eigenvalue weighted by molar-refractivity contribution is -0.143. The van der Waals surface area contributed by atoms with Crippen LogP contribution < -0.4 is 5.32 Å². The molecule has 3 amide bonds. The van der Waals surface area contributed by atoms with Crippen molar-refractivity contribution in [3.8, 4) is 0 Å². The zero-order valence-electron chi connectivity index (χ0n) is 15.3. The first-order valence-electron chi connectivity index (χ1n) is 9.55. The van der Waals surface area contributed by atoms with E-state index in [0.29, 0.717) is 0 Å². The summed E-state index contributed by atoms with van der Waals surface area (Å²) in [5.74, 6) is -2.30. The van der Waals surface area contributed by atoms with E-state index in [1.54, 1.807) is 24.3 Å². The number of fused-ring (bicyclic) bond motifs is 5. The van der Waals surface area contributed by atoms with Gasteiger partial charge in [-0.3, -0.25) is 19.3 Å². The summed E-state index contributed by atoms with van der Waals surface area (Å²) in [5.41, 5.74) is 0.802. The molecule has 0 radical (unpaired) electrons. The van der Waals surface area contributed by atoms with Gasteiger partial charge in [-0.1, -0.05) is 42.5 Å². The Bertz CT molecular complexity index is 820. The molecule has 1 aromatic carbocycles. The topological polar surface area (TPSA) is 104 Å². The van der Waals surface area contributed by atoms with Gasteiger partial charge in [-0.15, -0.1) is 0 Å². The number of carbonyl (C=O) groups is 4. The number of carbonyl (C=O) groups excluding carboxylic acids is 3. The second kappa shape index (κ2) is 7.22. The van der Waals surface area contributed by atoms with Crippen LogP contribution in [-0.4, -0.2) is 46.3 Å². The summed E-state index contributed by atoms with van der Waals surface area (Å²) in [4.78, 5) is 50.2. The lowest BCUT2D eigenvalue weighted by atomic mass is 9.85. The highest BCUT2D eigenvalue weighted by molar-refractivity contribution is 6.06. The van der Waals surface area contributed by atoms with Gasteiger partial charge in [0.1, 0.15) is 6.04 Å². The molecule has 5 atom stereocenters. The fourth-order valence-corrected chi connectivity index (χ4v) is 4.71. The number of allylic oxidation sites excluding steroid dienone is 2. The molecule has 1 saturated carbocycles. The number of hydrogen-bond donors (Lipinski definition) is 2. The first kappa shape index (κ1) is 18.4. The SMILES string of the molecule is O=C(CCN1C(=O)C2C3C=CC(C3)C2C1=O)NC(Cc1ccccc1)C(=O)O. The van der Waals surface area contributed by atoms with E-state index in [9.17, 15) is 24.3 Å². The number of nitrogens with one attached hydrogen (secondary N) is 1. The zero-order valence-corrected chi connectivity index (χ0v) is 15.3. The molecule has 1 saturated heterocycles. The third-order valence-electron chi connectivity index (χ3n) is 6.04. The van der Waals surface area contributed by atoms with Gasteiger partial charge in [0.15, 0.2) is 0 Å². The monoisotopic (exact) mass is 382 g/mol. The molecule has 2 bridgehead atoms. The van der Waals surface area contributed by atoms with Crippen LogP contribution in [0.25, 0.3) is 0 Å². The van der Waals surface area contributed by atoms with E-state index in [1.165, 1.54) is 4.90 Å². The van der Waals surface area contributed by atoms with Crippen LogP contribution in [0.3, 0.4) is 0 Å². The molecule has 146 valence electrons. The van der Waals surface area contributed by atoms with E-state index in [0.717, 1.165) is 12.0 Å². The summed E-state index contributed by atoms with van der Waals surface area (Å²) in [5, 5.41) is 11.9. The minimum absolute atomic E-state index is 0.00633. The number of likely N-dealkylation sites (tertiary alicyclic amines) is 1. The number of carboxylic acid groups (broad SMARTS) is 1. The average molecular weight is 382 g/mol. The van der Waals surface area contributed by atoms with Crippen molar-refractivity contribution in [3.05, 3.63) is 48.0 Å². The van der Waals surface area contributed by atoms with Crippen LogP contribution in [0.4, 0.5) is 0 Å². The molecule has 2 N–H and O–H groups in total. The van der Waals surface area contributed by atoms with Gasteiger partial charge in [0.05, 0.1) is 11.8 Å². The molecular weight excluding hydrogens is 360 g/mol. The summed E-state index contributed by atoms with van der Waals surface area (Å²) in [6, 6.07) is 7.98. The van der Waals surface area contributed by atoms with Crippen molar-refractivity contribution in [1.82, 2.24) is 10.2 Å². The van der Waals surface area contributed by atoms with E-state index < -0.39 is 17.9 Å². The summed E-state index contributed by atoms with van der Waals surface area (Å²) < 4.78 is 0. The Morgan fingerprint density at radius 3 is 2.25 bits per heavy atom. The Hall–Kier alpha value is -2.96. The number of benzene rings is 1.